The Bertz CT molecular complexity index is 368. The second-order valence-electron chi connectivity index (χ2n) is 3.30. The molecule has 0 saturated heterocycles. The third-order valence-electron chi connectivity index (χ3n) is 2.14. The molecule has 0 aliphatic heterocycles. The van der Waals surface area contributed by atoms with Crippen molar-refractivity contribution in [1.82, 2.24) is 0 Å². The van der Waals surface area contributed by atoms with Crippen LogP contribution in [-0.4, -0.2) is 5.11 Å². The fraction of sp³-hybridized carbons (Fsp3) is 0.273. The lowest BCUT2D eigenvalue weighted by atomic mass is 10.0. The Labute approximate surface area is 103 Å². The lowest BCUT2D eigenvalue weighted by Crippen LogP contribution is -2.10. The number of hydrogen-bond donors (Lipinski definition) is 2. The predicted octanol–water partition coefficient (Wildman–Crippen LogP) is 3.77. The van der Waals surface area contributed by atoms with Crippen molar-refractivity contribution in [2.24, 2.45) is 5.73 Å². The van der Waals surface area contributed by atoms with Gasteiger partial charge in [-0.2, -0.15) is 0 Å². The zero-order valence-corrected chi connectivity index (χ0v) is 10.6. The molecule has 15 heavy (non-hydrogen) atoms. The summed E-state index contributed by atoms with van der Waals surface area (Å²) in [7, 11) is 0. The van der Waals surface area contributed by atoms with Gasteiger partial charge in [-0.3, -0.25) is 0 Å². The van der Waals surface area contributed by atoms with Gasteiger partial charge in [-0.15, -0.1) is 6.58 Å². The molecule has 82 valence electrons. The zero-order valence-electron chi connectivity index (χ0n) is 8.21. The molecule has 0 aliphatic carbocycles. The summed E-state index contributed by atoms with van der Waals surface area (Å²) in [5, 5.41) is 10.0. The number of phenols is 1. The molecule has 1 aromatic rings. The highest BCUT2D eigenvalue weighted by molar-refractivity contribution is 9.10. The highest BCUT2D eigenvalue weighted by atomic mass is 79.9. The molecule has 0 fully saturated rings. The Morgan fingerprint density at radius 2 is 2.27 bits per heavy atom. The third-order valence-corrected chi connectivity index (χ3v) is 2.88. The second-order valence-corrected chi connectivity index (χ2v) is 4.62. The fourth-order valence-corrected chi connectivity index (χ4v) is 2.16. The number of hydrogen-bond acceptors (Lipinski definition) is 2. The van der Waals surface area contributed by atoms with E-state index in [4.69, 9.17) is 17.3 Å². The third kappa shape index (κ3) is 3.23. The SMILES string of the molecule is C=CCC[C@H](N)c1cc(Br)cc(Cl)c1O. The van der Waals surface area contributed by atoms with Crippen LogP contribution in [0.5, 0.6) is 5.75 Å². The summed E-state index contributed by atoms with van der Waals surface area (Å²) in [6.07, 6.45) is 3.35. The molecule has 1 aromatic carbocycles. The first-order valence-corrected chi connectivity index (χ1v) is 5.77. The van der Waals surface area contributed by atoms with Crippen molar-refractivity contribution < 1.29 is 5.11 Å². The van der Waals surface area contributed by atoms with Crippen LogP contribution in [0.4, 0.5) is 0 Å². The molecule has 1 atom stereocenters. The number of benzene rings is 1. The van der Waals surface area contributed by atoms with E-state index in [0.717, 1.165) is 17.3 Å². The predicted molar refractivity (Wildman–Crippen MR) is 67.2 cm³/mol. The molecule has 0 aromatic heterocycles. The topological polar surface area (TPSA) is 46.2 Å². The lowest BCUT2D eigenvalue weighted by molar-refractivity contribution is 0.459. The van der Waals surface area contributed by atoms with Crippen LogP contribution in [0.3, 0.4) is 0 Å². The standard InChI is InChI=1S/C11H13BrClNO/c1-2-3-4-10(14)8-5-7(12)6-9(13)11(8)15/h2,5-6,10,15H,1,3-4,14H2/t10-/m0/s1. The molecule has 4 heteroatoms. The van der Waals surface area contributed by atoms with Gasteiger partial charge in [0, 0.05) is 16.1 Å². The maximum Gasteiger partial charge on any atom is 0.139 e. The van der Waals surface area contributed by atoms with Crippen LogP contribution in [-0.2, 0) is 0 Å². The van der Waals surface area contributed by atoms with Crippen LogP contribution in [0.1, 0.15) is 24.4 Å². The van der Waals surface area contributed by atoms with E-state index in [2.05, 4.69) is 22.5 Å². The molecule has 0 aliphatic rings. The molecule has 0 spiro atoms. The van der Waals surface area contributed by atoms with E-state index in [-0.39, 0.29) is 11.8 Å². The summed E-state index contributed by atoms with van der Waals surface area (Å²) < 4.78 is 0.814. The van der Waals surface area contributed by atoms with Crippen LogP contribution in [0.25, 0.3) is 0 Å². The average Bonchev–Trinajstić information content (AvgIpc) is 2.19. The van der Waals surface area contributed by atoms with E-state index < -0.39 is 0 Å². The smallest absolute Gasteiger partial charge is 0.139 e. The number of allylic oxidation sites excluding steroid dienone is 1. The number of nitrogens with two attached hydrogens (primary N) is 1. The zero-order chi connectivity index (χ0) is 11.4. The van der Waals surface area contributed by atoms with E-state index in [1.54, 1.807) is 18.2 Å². The van der Waals surface area contributed by atoms with Crippen molar-refractivity contribution in [3.05, 3.63) is 39.8 Å². The number of halogens is 2. The van der Waals surface area contributed by atoms with Gasteiger partial charge in [0.25, 0.3) is 0 Å². The molecule has 0 unspecified atom stereocenters. The van der Waals surface area contributed by atoms with Gasteiger partial charge in [0.2, 0.25) is 0 Å². The van der Waals surface area contributed by atoms with Crippen molar-refractivity contribution in [3.63, 3.8) is 0 Å². The first-order valence-electron chi connectivity index (χ1n) is 4.60. The van der Waals surface area contributed by atoms with E-state index in [9.17, 15) is 5.11 Å². The number of aromatic hydroxyl groups is 1. The summed E-state index contributed by atoms with van der Waals surface area (Å²) in [5.74, 6) is 0.0661. The molecule has 0 amide bonds. The lowest BCUT2D eigenvalue weighted by Gasteiger charge is -2.14. The normalized spacial score (nSPS) is 12.5. The minimum Gasteiger partial charge on any atom is -0.506 e. The molecular weight excluding hydrogens is 277 g/mol. The van der Waals surface area contributed by atoms with Crippen molar-refractivity contribution in [1.29, 1.82) is 0 Å². The van der Waals surface area contributed by atoms with Crippen molar-refractivity contribution in [2.75, 3.05) is 0 Å². The second kappa shape index (κ2) is 5.54. The van der Waals surface area contributed by atoms with Gasteiger partial charge in [0.1, 0.15) is 5.75 Å². The Balaban J connectivity index is 2.96. The van der Waals surface area contributed by atoms with E-state index in [0.29, 0.717) is 10.6 Å². The quantitative estimate of drug-likeness (QED) is 0.829. The summed E-state index contributed by atoms with van der Waals surface area (Å²) >= 11 is 9.15. The molecule has 2 nitrogen and oxygen atoms in total. The van der Waals surface area contributed by atoms with Crippen LogP contribution in [0, 0.1) is 0 Å². The van der Waals surface area contributed by atoms with Gasteiger partial charge in [-0.1, -0.05) is 33.6 Å². The molecule has 0 heterocycles. The minimum atomic E-state index is -0.224. The van der Waals surface area contributed by atoms with Crippen molar-refractivity contribution in [2.45, 2.75) is 18.9 Å². The summed E-state index contributed by atoms with van der Waals surface area (Å²) in [6.45, 7) is 3.63. The van der Waals surface area contributed by atoms with Crippen molar-refractivity contribution >= 4 is 27.5 Å². The van der Waals surface area contributed by atoms with Gasteiger partial charge >= 0.3 is 0 Å². The van der Waals surface area contributed by atoms with Gasteiger partial charge in [0.15, 0.2) is 0 Å². The fourth-order valence-electron chi connectivity index (χ4n) is 1.32. The summed E-state index contributed by atoms with van der Waals surface area (Å²) in [4.78, 5) is 0. The van der Waals surface area contributed by atoms with Crippen LogP contribution < -0.4 is 5.73 Å². The van der Waals surface area contributed by atoms with E-state index in [1.807, 2.05) is 0 Å². The molecule has 0 saturated carbocycles. The van der Waals surface area contributed by atoms with E-state index >= 15 is 0 Å². The average molecular weight is 291 g/mol. The maximum absolute atomic E-state index is 9.73. The summed E-state index contributed by atoms with van der Waals surface area (Å²) in [5.41, 5.74) is 6.60. The molecular formula is C11H13BrClNO. The Morgan fingerprint density at radius 1 is 1.60 bits per heavy atom. The van der Waals surface area contributed by atoms with E-state index in [1.165, 1.54) is 0 Å². The largest absolute Gasteiger partial charge is 0.506 e. The van der Waals surface area contributed by atoms with Gasteiger partial charge in [0.05, 0.1) is 5.02 Å². The Hall–Kier alpha value is -0.510. The minimum absolute atomic E-state index is 0.0661. The highest BCUT2D eigenvalue weighted by Gasteiger charge is 2.13. The molecule has 3 N–H and O–H groups in total. The maximum atomic E-state index is 9.73. The highest BCUT2D eigenvalue weighted by Crippen LogP contribution is 2.35. The first-order chi connectivity index (χ1) is 7.06. The Morgan fingerprint density at radius 3 is 2.87 bits per heavy atom. The van der Waals surface area contributed by atoms with Gasteiger partial charge in [-0.25, -0.2) is 0 Å². The van der Waals surface area contributed by atoms with Gasteiger partial charge < -0.3 is 10.8 Å². The van der Waals surface area contributed by atoms with Crippen molar-refractivity contribution in [3.8, 4) is 5.75 Å². The Kier molecular flexibility index (Phi) is 4.64. The molecule has 0 radical (unpaired) electrons. The van der Waals surface area contributed by atoms with Crippen LogP contribution >= 0.6 is 27.5 Å². The molecule has 0 bridgehead atoms. The first kappa shape index (κ1) is 12.6. The van der Waals surface area contributed by atoms with Crippen LogP contribution in [0.2, 0.25) is 5.02 Å². The molecule has 1 rings (SSSR count). The summed E-state index contributed by atoms with van der Waals surface area (Å²) in [6, 6.07) is 3.20. The van der Waals surface area contributed by atoms with Gasteiger partial charge in [-0.05, 0) is 25.0 Å². The monoisotopic (exact) mass is 289 g/mol. The van der Waals surface area contributed by atoms with Crippen LogP contribution in [0.15, 0.2) is 29.3 Å². The number of rotatable bonds is 4. The number of phenolic OH excluding ortho intramolecular Hbond substituents is 1.